The molecule has 6 nitrogen and oxygen atoms in total. The maximum Gasteiger partial charge on any atom is 0.369 e. The third-order valence-electron chi connectivity index (χ3n) is 2.66. The first kappa shape index (κ1) is 15.4. The fourth-order valence-electron chi connectivity index (χ4n) is 1.90. The van der Waals surface area contributed by atoms with Gasteiger partial charge in [-0.05, 0) is 32.9 Å². The van der Waals surface area contributed by atoms with Crippen LogP contribution in [0.4, 0.5) is 5.69 Å². The monoisotopic (exact) mass is 268 g/mol. The molecule has 0 bridgehead atoms. The predicted octanol–water partition coefficient (Wildman–Crippen LogP) is 1.59. The van der Waals surface area contributed by atoms with Crippen molar-refractivity contribution in [3.05, 3.63) is 29.3 Å². The zero-order valence-electron chi connectivity index (χ0n) is 11.4. The summed E-state index contributed by atoms with van der Waals surface area (Å²) in [6.45, 7) is 5.67. The minimum Gasteiger partial charge on any atom is -0.477 e. The van der Waals surface area contributed by atoms with Gasteiger partial charge in [0, 0.05) is 18.8 Å². The Morgan fingerprint density at radius 2 is 1.95 bits per heavy atom. The average molecular weight is 268 g/mol. The van der Waals surface area contributed by atoms with E-state index in [4.69, 9.17) is 15.3 Å². The molecule has 0 saturated carbocycles. The number of aliphatic carboxylic acids is 1. The van der Waals surface area contributed by atoms with E-state index in [1.807, 2.05) is 13.0 Å². The van der Waals surface area contributed by atoms with Gasteiger partial charge in [0.1, 0.15) is 0 Å². The molecule has 0 heterocycles. The molecule has 0 fully saturated rings. The first-order valence-electron chi connectivity index (χ1n) is 6.10. The van der Waals surface area contributed by atoms with Crippen molar-refractivity contribution in [2.45, 2.75) is 26.6 Å². The number of nitrogens with one attached hydrogen (secondary N) is 1. The molecule has 0 aliphatic carbocycles. The fourth-order valence-corrected chi connectivity index (χ4v) is 1.90. The summed E-state index contributed by atoms with van der Waals surface area (Å²) in [5.41, 5.74) is 4.17. The molecule has 0 unspecified atom stereocenters. The second kappa shape index (κ2) is 6.51. The topological polar surface area (TPSA) is 93.8 Å². The van der Waals surface area contributed by atoms with E-state index in [-0.39, 0.29) is 13.2 Å². The van der Waals surface area contributed by atoms with Crippen LogP contribution in [0.25, 0.3) is 0 Å². The number of ether oxygens (including phenoxy) is 2. The highest BCUT2D eigenvalue weighted by Crippen LogP contribution is 2.34. The van der Waals surface area contributed by atoms with Crippen molar-refractivity contribution >= 4 is 11.7 Å². The van der Waals surface area contributed by atoms with Crippen LogP contribution in [0.2, 0.25) is 0 Å². The molecule has 1 rings (SSSR count). The SMILES string of the molecule is CCOC(OCC)(C(=O)O)c1cc(C)ccc1NN. The molecule has 0 radical (unpaired) electrons. The Morgan fingerprint density at radius 1 is 1.37 bits per heavy atom. The number of hydrogen-bond donors (Lipinski definition) is 3. The number of rotatable bonds is 7. The van der Waals surface area contributed by atoms with Crippen LogP contribution in [0.5, 0.6) is 0 Å². The summed E-state index contributed by atoms with van der Waals surface area (Å²) in [6.07, 6.45) is 0. The Morgan fingerprint density at radius 3 is 2.37 bits per heavy atom. The molecular formula is C13H20N2O4. The van der Waals surface area contributed by atoms with Gasteiger partial charge in [0.25, 0.3) is 5.79 Å². The van der Waals surface area contributed by atoms with Crippen LogP contribution in [0.3, 0.4) is 0 Å². The summed E-state index contributed by atoms with van der Waals surface area (Å²) in [5, 5.41) is 9.53. The lowest BCUT2D eigenvalue weighted by Gasteiger charge is -2.30. The number of carbonyl (C=O) groups is 1. The summed E-state index contributed by atoms with van der Waals surface area (Å²) in [4.78, 5) is 11.7. The van der Waals surface area contributed by atoms with E-state index in [2.05, 4.69) is 5.43 Å². The third kappa shape index (κ3) is 3.04. The molecule has 1 aromatic rings. The lowest BCUT2D eigenvalue weighted by atomic mass is 10.0. The van der Waals surface area contributed by atoms with Crippen LogP contribution in [0.15, 0.2) is 18.2 Å². The van der Waals surface area contributed by atoms with Crippen molar-refractivity contribution in [2.75, 3.05) is 18.6 Å². The Hall–Kier alpha value is -1.63. The normalized spacial score (nSPS) is 11.4. The van der Waals surface area contributed by atoms with Crippen molar-refractivity contribution in [2.24, 2.45) is 5.84 Å². The minimum atomic E-state index is -1.85. The van der Waals surface area contributed by atoms with Gasteiger partial charge in [-0.15, -0.1) is 0 Å². The predicted molar refractivity (Wildman–Crippen MR) is 71.6 cm³/mol. The number of aryl methyl sites for hydroxylation is 1. The summed E-state index contributed by atoms with van der Waals surface area (Å²) in [5.74, 6) is 2.38. The fraction of sp³-hybridized carbons (Fsp3) is 0.462. The van der Waals surface area contributed by atoms with E-state index in [1.165, 1.54) is 0 Å². The zero-order chi connectivity index (χ0) is 14.5. The summed E-state index contributed by atoms with van der Waals surface area (Å²) in [6, 6.07) is 5.21. The molecule has 6 heteroatoms. The van der Waals surface area contributed by atoms with Gasteiger partial charge in [0.2, 0.25) is 0 Å². The van der Waals surface area contributed by atoms with Crippen molar-refractivity contribution in [1.82, 2.24) is 0 Å². The third-order valence-corrected chi connectivity index (χ3v) is 2.66. The number of carboxylic acids is 1. The Bertz CT molecular complexity index is 442. The van der Waals surface area contributed by atoms with Gasteiger partial charge >= 0.3 is 5.97 Å². The maximum atomic E-state index is 11.7. The van der Waals surface area contributed by atoms with E-state index in [1.54, 1.807) is 26.0 Å². The van der Waals surface area contributed by atoms with Crippen LogP contribution >= 0.6 is 0 Å². The zero-order valence-corrected chi connectivity index (χ0v) is 11.4. The number of anilines is 1. The molecule has 106 valence electrons. The van der Waals surface area contributed by atoms with Crippen molar-refractivity contribution in [1.29, 1.82) is 0 Å². The summed E-state index contributed by atoms with van der Waals surface area (Å²) < 4.78 is 10.8. The van der Waals surface area contributed by atoms with Crippen molar-refractivity contribution < 1.29 is 19.4 Å². The molecule has 0 saturated heterocycles. The second-order valence-corrected chi connectivity index (χ2v) is 3.98. The van der Waals surface area contributed by atoms with Gasteiger partial charge in [0.05, 0.1) is 5.69 Å². The van der Waals surface area contributed by atoms with Crippen LogP contribution in [0.1, 0.15) is 25.0 Å². The van der Waals surface area contributed by atoms with Crippen LogP contribution in [-0.4, -0.2) is 24.3 Å². The molecule has 0 spiro atoms. The van der Waals surface area contributed by atoms with E-state index >= 15 is 0 Å². The smallest absolute Gasteiger partial charge is 0.369 e. The molecule has 0 aliphatic rings. The summed E-state index contributed by atoms with van der Waals surface area (Å²) >= 11 is 0. The maximum absolute atomic E-state index is 11.7. The van der Waals surface area contributed by atoms with Gasteiger partial charge in [0.15, 0.2) is 0 Å². The van der Waals surface area contributed by atoms with Crippen LogP contribution in [-0.2, 0) is 20.1 Å². The van der Waals surface area contributed by atoms with Crippen molar-refractivity contribution in [3.8, 4) is 0 Å². The molecule has 19 heavy (non-hydrogen) atoms. The Balaban J connectivity index is 3.45. The molecule has 4 N–H and O–H groups in total. The number of nitrogen functional groups attached to an aromatic ring is 1. The standard InChI is InChI=1S/C13H20N2O4/c1-4-18-13(12(16)17,19-5-2)10-8-9(3)6-7-11(10)15-14/h6-8,15H,4-5,14H2,1-3H3,(H,16,17). The molecular weight excluding hydrogens is 248 g/mol. The highest BCUT2D eigenvalue weighted by atomic mass is 16.7. The molecule has 0 aromatic heterocycles. The van der Waals surface area contributed by atoms with Crippen LogP contribution < -0.4 is 11.3 Å². The average Bonchev–Trinajstić information content (AvgIpc) is 2.38. The highest BCUT2D eigenvalue weighted by Gasteiger charge is 2.44. The largest absolute Gasteiger partial charge is 0.477 e. The first-order chi connectivity index (χ1) is 9.01. The van der Waals surface area contributed by atoms with Crippen molar-refractivity contribution in [3.63, 3.8) is 0 Å². The first-order valence-corrected chi connectivity index (χ1v) is 6.10. The second-order valence-electron chi connectivity index (χ2n) is 3.98. The van der Waals surface area contributed by atoms with E-state index < -0.39 is 11.8 Å². The van der Waals surface area contributed by atoms with Crippen LogP contribution in [0, 0.1) is 6.92 Å². The van der Waals surface area contributed by atoms with Gasteiger partial charge in [-0.3, -0.25) is 5.84 Å². The number of nitrogens with two attached hydrogens (primary N) is 1. The van der Waals surface area contributed by atoms with E-state index in [9.17, 15) is 9.90 Å². The van der Waals surface area contributed by atoms with E-state index in [0.29, 0.717) is 11.3 Å². The molecule has 1 aromatic carbocycles. The summed E-state index contributed by atoms with van der Waals surface area (Å²) in [7, 11) is 0. The lowest BCUT2D eigenvalue weighted by Crippen LogP contribution is -2.42. The number of hydrazine groups is 1. The number of benzene rings is 1. The molecule has 0 atom stereocenters. The highest BCUT2D eigenvalue weighted by molar-refractivity contribution is 5.80. The number of hydrogen-bond acceptors (Lipinski definition) is 5. The quantitative estimate of drug-likeness (QED) is 0.395. The minimum absolute atomic E-state index is 0.199. The van der Waals surface area contributed by atoms with Gasteiger partial charge in [-0.2, -0.15) is 0 Å². The Kier molecular flexibility index (Phi) is 5.29. The van der Waals surface area contributed by atoms with Gasteiger partial charge < -0.3 is 20.0 Å². The number of carboxylic acid groups (broad SMARTS) is 1. The Labute approximate surface area is 112 Å². The molecule has 0 amide bonds. The lowest BCUT2D eigenvalue weighted by molar-refractivity contribution is -0.248. The van der Waals surface area contributed by atoms with E-state index in [0.717, 1.165) is 5.56 Å². The van der Waals surface area contributed by atoms with Gasteiger partial charge in [-0.25, -0.2) is 4.79 Å². The van der Waals surface area contributed by atoms with Gasteiger partial charge in [-0.1, -0.05) is 11.6 Å². The molecule has 0 aliphatic heterocycles.